The van der Waals surface area contributed by atoms with Crippen molar-refractivity contribution >= 4 is 5.78 Å². The van der Waals surface area contributed by atoms with Crippen molar-refractivity contribution in [3.8, 4) is 0 Å². The van der Waals surface area contributed by atoms with Crippen molar-refractivity contribution in [2.75, 3.05) is 6.61 Å². The molecule has 4 saturated carbocycles. The van der Waals surface area contributed by atoms with E-state index in [1.807, 2.05) is 0 Å². The van der Waals surface area contributed by atoms with E-state index in [0.717, 1.165) is 32.1 Å². The summed E-state index contributed by atoms with van der Waals surface area (Å²) in [5.41, 5.74) is -0.874. The van der Waals surface area contributed by atoms with Crippen LogP contribution in [-0.2, 0) is 14.3 Å². The predicted molar refractivity (Wildman–Crippen MR) is 87.3 cm³/mol. The Balaban J connectivity index is 1.61. The fraction of sp³-hybridized carbons (Fsp3) is 0.850. The van der Waals surface area contributed by atoms with Crippen molar-refractivity contribution < 1.29 is 24.5 Å². The average molecular weight is 346 g/mol. The van der Waals surface area contributed by atoms with Crippen LogP contribution in [0.4, 0.5) is 0 Å². The van der Waals surface area contributed by atoms with E-state index in [0.29, 0.717) is 18.1 Å². The molecule has 5 heteroatoms. The first kappa shape index (κ1) is 15.3. The Morgan fingerprint density at radius 1 is 1.20 bits per heavy atom. The Labute approximate surface area is 147 Å². The van der Waals surface area contributed by atoms with E-state index in [9.17, 15) is 15.0 Å². The molecule has 0 amide bonds. The van der Waals surface area contributed by atoms with Crippen LogP contribution in [0, 0.1) is 34.0 Å². The Hall–Kier alpha value is -0.750. The Morgan fingerprint density at radius 3 is 2.80 bits per heavy atom. The third-order valence-electron chi connectivity index (χ3n) is 9.20. The van der Waals surface area contributed by atoms with E-state index >= 15 is 0 Å². The smallest absolute Gasteiger partial charge is 0.170 e. The molecule has 7 fully saturated rings. The maximum Gasteiger partial charge on any atom is 0.170 e. The molecule has 0 aromatic rings. The van der Waals surface area contributed by atoms with E-state index in [1.165, 1.54) is 0 Å². The number of aliphatic hydroxyl groups is 2. The van der Waals surface area contributed by atoms with Gasteiger partial charge in [0.15, 0.2) is 12.1 Å². The van der Waals surface area contributed by atoms with Gasteiger partial charge in [-0.2, -0.15) is 0 Å². The molecule has 25 heavy (non-hydrogen) atoms. The minimum atomic E-state index is -0.910. The number of carbonyl (C=O) groups excluding carboxylic acids is 1. The van der Waals surface area contributed by atoms with E-state index in [1.54, 1.807) is 0 Å². The van der Waals surface area contributed by atoms with Crippen molar-refractivity contribution in [2.24, 2.45) is 34.0 Å². The number of ether oxygens (including phenoxy) is 2. The zero-order valence-corrected chi connectivity index (χ0v) is 14.6. The van der Waals surface area contributed by atoms with Gasteiger partial charge in [-0.15, -0.1) is 0 Å². The molecule has 0 aromatic heterocycles. The number of hydrogen-bond acceptors (Lipinski definition) is 5. The third kappa shape index (κ3) is 1.29. The monoisotopic (exact) mass is 346 g/mol. The van der Waals surface area contributed by atoms with E-state index in [-0.39, 0.29) is 29.1 Å². The molecule has 2 spiro atoms. The zero-order valence-electron chi connectivity index (χ0n) is 14.6. The molecule has 7 aliphatic rings. The molecule has 10 atom stereocenters. The highest BCUT2D eigenvalue weighted by Gasteiger charge is 2.83. The van der Waals surface area contributed by atoms with Crippen LogP contribution >= 0.6 is 0 Å². The minimum absolute atomic E-state index is 0.00572. The fourth-order valence-electron chi connectivity index (χ4n) is 8.25. The van der Waals surface area contributed by atoms with Gasteiger partial charge in [0.25, 0.3) is 0 Å². The number of carbonyl (C=O) groups is 1. The summed E-state index contributed by atoms with van der Waals surface area (Å²) in [6.07, 6.45) is 2.01. The van der Waals surface area contributed by atoms with Gasteiger partial charge in [-0.05, 0) is 54.9 Å². The molecule has 7 rings (SSSR count). The van der Waals surface area contributed by atoms with Gasteiger partial charge in [0.05, 0.1) is 35.7 Å². The molecule has 3 aliphatic heterocycles. The zero-order chi connectivity index (χ0) is 17.4. The summed E-state index contributed by atoms with van der Waals surface area (Å²) in [4.78, 5) is 13.3. The van der Waals surface area contributed by atoms with Gasteiger partial charge in [0.1, 0.15) is 0 Å². The second kappa shape index (κ2) is 4.22. The molecule has 5 nitrogen and oxygen atoms in total. The number of aliphatic hydroxyl groups excluding tert-OH is 2. The van der Waals surface area contributed by atoms with Crippen LogP contribution in [-0.4, -0.2) is 47.2 Å². The maximum atomic E-state index is 13.3. The normalized spacial score (nSPS) is 64.4. The van der Waals surface area contributed by atoms with Gasteiger partial charge in [0, 0.05) is 5.92 Å². The summed E-state index contributed by atoms with van der Waals surface area (Å²) in [5.74, 6) is 0.0718. The SMILES string of the molecule is C=C1C(=O)C23C(CCC1[C@H]2O)C12C(O)CC[C@@]4(C)COC1O[C@H]3C[C@@H]24. The molecule has 136 valence electrons. The van der Waals surface area contributed by atoms with Crippen molar-refractivity contribution in [3.05, 3.63) is 12.2 Å². The van der Waals surface area contributed by atoms with Gasteiger partial charge in [-0.1, -0.05) is 13.5 Å². The molecule has 0 radical (unpaired) electrons. The van der Waals surface area contributed by atoms with Crippen molar-refractivity contribution in [2.45, 2.75) is 63.6 Å². The predicted octanol–water partition coefficient (Wildman–Crippen LogP) is 1.42. The molecule has 6 unspecified atom stereocenters. The van der Waals surface area contributed by atoms with E-state index in [4.69, 9.17) is 9.47 Å². The highest BCUT2D eigenvalue weighted by Crippen LogP contribution is 2.77. The van der Waals surface area contributed by atoms with Gasteiger partial charge in [0.2, 0.25) is 0 Å². The lowest BCUT2D eigenvalue weighted by Crippen LogP contribution is -2.81. The third-order valence-corrected chi connectivity index (χ3v) is 9.20. The average Bonchev–Trinajstić information content (AvgIpc) is 2.71. The molecular formula is C20H26O5. The number of fused-ring (bicyclic) bond motifs is 1. The summed E-state index contributed by atoms with van der Waals surface area (Å²) in [5, 5.41) is 22.4. The lowest BCUT2D eigenvalue weighted by molar-refractivity contribution is -0.440. The lowest BCUT2D eigenvalue weighted by atomic mass is 9.36. The van der Waals surface area contributed by atoms with Crippen LogP contribution < -0.4 is 0 Å². The number of ketones is 1. The van der Waals surface area contributed by atoms with Gasteiger partial charge in [-0.25, -0.2) is 0 Å². The highest BCUT2D eigenvalue weighted by atomic mass is 16.7. The molecule has 3 saturated heterocycles. The summed E-state index contributed by atoms with van der Waals surface area (Å²) < 4.78 is 12.5. The van der Waals surface area contributed by atoms with Crippen molar-refractivity contribution in [1.82, 2.24) is 0 Å². The van der Waals surface area contributed by atoms with Crippen LogP contribution in [0.15, 0.2) is 12.2 Å². The van der Waals surface area contributed by atoms with Crippen molar-refractivity contribution in [1.29, 1.82) is 0 Å². The maximum absolute atomic E-state index is 13.3. The molecule has 7 bridgehead atoms. The van der Waals surface area contributed by atoms with Gasteiger partial charge in [-0.3, -0.25) is 4.79 Å². The minimum Gasteiger partial charge on any atom is -0.392 e. The summed E-state index contributed by atoms with van der Waals surface area (Å²) in [6.45, 7) is 6.95. The second-order valence-electron chi connectivity index (χ2n) is 9.73. The number of hydrogen-bond donors (Lipinski definition) is 2. The molecular weight excluding hydrogens is 320 g/mol. The fourth-order valence-corrected chi connectivity index (χ4v) is 8.25. The first-order valence-electron chi connectivity index (χ1n) is 9.75. The van der Waals surface area contributed by atoms with Gasteiger partial charge >= 0.3 is 0 Å². The summed E-state index contributed by atoms with van der Waals surface area (Å²) in [7, 11) is 0. The van der Waals surface area contributed by atoms with E-state index in [2.05, 4.69) is 13.5 Å². The standard InChI is InChI=1S/C20H26O5/c1-9-10-3-4-11-19-12-7-14(20(11,15(9)22)16(10)23)25-17(19)24-8-18(12,2)6-5-13(19)21/h10-14,16-17,21,23H,1,3-8H2,2H3/t10?,11?,12-,13?,14+,16-,17?,18+,19?,20?/m1/s1. The highest BCUT2D eigenvalue weighted by molar-refractivity contribution is 6.04. The Bertz CT molecular complexity index is 700. The van der Waals surface area contributed by atoms with Crippen molar-refractivity contribution in [3.63, 3.8) is 0 Å². The number of Topliss-reactive ketones (excluding diaryl/α,β-unsaturated/α-hetero) is 1. The lowest BCUT2D eigenvalue weighted by Gasteiger charge is -2.75. The first-order valence-corrected chi connectivity index (χ1v) is 9.75. The Kier molecular flexibility index (Phi) is 2.58. The van der Waals surface area contributed by atoms with Crippen LogP contribution in [0.3, 0.4) is 0 Å². The Morgan fingerprint density at radius 2 is 2.00 bits per heavy atom. The van der Waals surface area contributed by atoms with Gasteiger partial charge < -0.3 is 19.7 Å². The van der Waals surface area contributed by atoms with Crippen LogP contribution in [0.25, 0.3) is 0 Å². The van der Waals surface area contributed by atoms with Crippen LogP contribution in [0.1, 0.15) is 39.0 Å². The quantitative estimate of drug-likeness (QED) is 0.649. The van der Waals surface area contributed by atoms with Crippen LogP contribution in [0.5, 0.6) is 0 Å². The molecule has 3 heterocycles. The molecule has 0 aromatic carbocycles. The largest absolute Gasteiger partial charge is 0.392 e. The van der Waals surface area contributed by atoms with Crippen LogP contribution in [0.2, 0.25) is 0 Å². The first-order chi connectivity index (χ1) is 11.9. The summed E-state index contributed by atoms with van der Waals surface area (Å²) >= 11 is 0. The number of rotatable bonds is 0. The topological polar surface area (TPSA) is 76.0 Å². The summed E-state index contributed by atoms with van der Waals surface area (Å²) in [6, 6.07) is 0. The molecule has 2 N–H and O–H groups in total. The molecule has 4 aliphatic carbocycles. The van der Waals surface area contributed by atoms with E-state index < -0.39 is 29.3 Å². The second-order valence-corrected chi connectivity index (χ2v) is 9.73.